The van der Waals surface area contributed by atoms with Crippen molar-refractivity contribution in [2.75, 3.05) is 6.61 Å². The van der Waals surface area contributed by atoms with Crippen LogP contribution in [0.3, 0.4) is 0 Å². The first kappa shape index (κ1) is 21.1. The van der Waals surface area contributed by atoms with E-state index in [9.17, 15) is 9.59 Å². The lowest BCUT2D eigenvalue weighted by molar-refractivity contribution is -0.143. The summed E-state index contributed by atoms with van der Waals surface area (Å²) in [5, 5.41) is 0.570. The standard InChI is InChI=1S/C21H21ClN2O4S/c1-4-27-19(25)12-24-17-10-7-15(22)11-18(17)29-21(24)23-20(26)14-5-8-16(9-6-14)28-13(2)3/h5-11,13H,4,12H2,1-3H3. The first-order valence-corrected chi connectivity index (χ1v) is 10.4. The van der Waals surface area contributed by atoms with Gasteiger partial charge in [0.2, 0.25) is 0 Å². The number of thiazole rings is 1. The molecule has 0 aliphatic rings. The third-order valence-corrected chi connectivity index (χ3v) is 5.18. The fourth-order valence-electron chi connectivity index (χ4n) is 2.72. The number of hydrogen-bond acceptors (Lipinski definition) is 5. The molecule has 0 spiro atoms. The maximum atomic E-state index is 12.7. The van der Waals surface area contributed by atoms with E-state index >= 15 is 0 Å². The number of ether oxygens (including phenoxy) is 2. The molecule has 152 valence electrons. The summed E-state index contributed by atoms with van der Waals surface area (Å²) in [6.45, 7) is 5.86. The zero-order chi connectivity index (χ0) is 21.0. The molecule has 3 aromatic rings. The second kappa shape index (κ2) is 9.24. The van der Waals surface area contributed by atoms with Gasteiger partial charge in [-0.25, -0.2) is 0 Å². The molecule has 0 fully saturated rings. The van der Waals surface area contributed by atoms with Crippen LogP contribution in [0.4, 0.5) is 0 Å². The van der Waals surface area contributed by atoms with Crippen LogP contribution < -0.4 is 9.54 Å². The Balaban J connectivity index is 1.99. The quantitative estimate of drug-likeness (QED) is 0.539. The number of aromatic nitrogens is 1. The minimum atomic E-state index is -0.406. The summed E-state index contributed by atoms with van der Waals surface area (Å²) >= 11 is 7.38. The van der Waals surface area contributed by atoms with Gasteiger partial charge >= 0.3 is 5.97 Å². The van der Waals surface area contributed by atoms with Crippen molar-refractivity contribution in [1.29, 1.82) is 0 Å². The third-order valence-electron chi connectivity index (χ3n) is 3.91. The molecule has 1 heterocycles. The average molecular weight is 433 g/mol. The van der Waals surface area contributed by atoms with E-state index in [0.717, 1.165) is 10.2 Å². The maximum absolute atomic E-state index is 12.7. The van der Waals surface area contributed by atoms with Gasteiger partial charge in [0.25, 0.3) is 5.91 Å². The summed E-state index contributed by atoms with van der Waals surface area (Å²) in [7, 11) is 0. The molecule has 0 N–H and O–H groups in total. The Labute approximate surface area is 177 Å². The summed E-state index contributed by atoms with van der Waals surface area (Å²) in [5.41, 5.74) is 1.19. The number of rotatable bonds is 6. The lowest BCUT2D eigenvalue weighted by Crippen LogP contribution is -2.23. The molecule has 3 rings (SSSR count). The van der Waals surface area contributed by atoms with Gasteiger partial charge < -0.3 is 14.0 Å². The van der Waals surface area contributed by atoms with Crippen LogP contribution in [-0.2, 0) is 16.1 Å². The van der Waals surface area contributed by atoms with Crippen LogP contribution in [0.15, 0.2) is 47.5 Å². The molecule has 0 saturated heterocycles. The topological polar surface area (TPSA) is 69.9 Å². The van der Waals surface area contributed by atoms with Gasteiger partial charge in [-0.3, -0.25) is 9.59 Å². The number of carbonyl (C=O) groups excluding carboxylic acids is 2. The Morgan fingerprint density at radius 2 is 1.90 bits per heavy atom. The highest BCUT2D eigenvalue weighted by atomic mass is 35.5. The summed E-state index contributed by atoms with van der Waals surface area (Å²) in [5.74, 6) is -0.118. The molecule has 0 atom stereocenters. The van der Waals surface area contributed by atoms with Crippen molar-refractivity contribution in [1.82, 2.24) is 4.57 Å². The minimum Gasteiger partial charge on any atom is -0.491 e. The Morgan fingerprint density at radius 1 is 1.17 bits per heavy atom. The third kappa shape index (κ3) is 5.25. The van der Waals surface area contributed by atoms with Gasteiger partial charge in [0, 0.05) is 10.6 Å². The average Bonchev–Trinajstić information content (AvgIpc) is 2.98. The van der Waals surface area contributed by atoms with Gasteiger partial charge in [-0.2, -0.15) is 4.99 Å². The van der Waals surface area contributed by atoms with Crippen LogP contribution in [0.25, 0.3) is 10.2 Å². The molecule has 0 unspecified atom stereocenters. The van der Waals surface area contributed by atoms with Crippen molar-refractivity contribution in [2.45, 2.75) is 33.4 Å². The number of nitrogens with zero attached hydrogens (tertiary/aromatic N) is 2. The molecule has 0 aliphatic heterocycles. The SMILES string of the molecule is CCOC(=O)Cn1c(=NC(=O)c2ccc(OC(C)C)cc2)sc2cc(Cl)ccc21. The summed E-state index contributed by atoms with van der Waals surface area (Å²) in [6.07, 6.45) is 0.0495. The number of hydrogen-bond donors (Lipinski definition) is 0. The van der Waals surface area contributed by atoms with Crippen LogP contribution in [0, 0.1) is 0 Å². The summed E-state index contributed by atoms with van der Waals surface area (Å²) < 4.78 is 13.1. The van der Waals surface area contributed by atoms with Gasteiger partial charge in [-0.1, -0.05) is 22.9 Å². The number of esters is 1. The van der Waals surface area contributed by atoms with Crippen molar-refractivity contribution < 1.29 is 19.1 Å². The molecular weight excluding hydrogens is 412 g/mol. The second-order valence-electron chi connectivity index (χ2n) is 6.50. The predicted molar refractivity (Wildman–Crippen MR) is 114 cm³/mol. The predicted octanol–water partition coefficient (Wildman–Crippen LogP) is 4.45. The Bertz CT molecular complexity index is 1100. The molecule has 0 saturated carbocycles. The van der Waals surface area contributed by atoms with Gasteiger partial charge in [0.15, 0.2) is 4.80 Å². The zero-order valence-electron chi connectivity index (χ0n) is 16.3. The van der Waals surface area contributed by atoms with E-state index in [-0.39, 0.29) is 19.3 Å². The minimum absolute atomic E-state index is 0.0389. The van der Waals surface area contributed by atoms with Crippen LogP contribution in [-0.4, -0.2) is 29.2 Å². The second-order valence-corrected chi connectivity index (χ2v) is 7.94. The summed E-state index contributed by atoms with van der Waals surface area (Å²) in [6, 6.07) is 12.1. The lowest BCUT2D eigenvalue weighted by atomic mass is 10.2. The van der Waals surface area contributed by atoms with Crippen molar-refractivity contribution in [2.24, 2.45) is 4.99 Å². The number of amides is 1. The van der Waals surface area contributed by atoms with E-state index in [2.05, 4.69) is 4.99 Å². The maximum Gasteiger partial charge on any atom is 0.326 e. The highest BCUT2D eigenvalue weighted by Gasteiger charge is 2.13. The van der Waals surface area contributed by atoms with Crippen molar-refractivity contribution >= 4 is 45.0 Å². The molecule has 0 bridgehead atoms. The number of fused-ring (bicyclic) bond motifs is 1. The molecule has 29 heavy (non-hydrogen) atoms. The lowest BCUT2D eigenvalue weighted by Gasteiger charge is -2.09. The van der Waals surface area contributed by atoms with Crippen molar-refractivity contribution in [3.8, 4) is 5.75 Å². The van der Waals surface area contributed by atoms with Crippen LogP contribution in [0.5, 0.6) is 5.75 Å². The monoisotopic (exact) mass is 432 g/mol. The van der Waals surface area contributed by atoms with Crippen molar-refractivity contribution in [3.05, 3.63) is 57.9 Å². The molecule has 0 radical (unpaired) electrons. The van der Waals surface area contributed by atoms with Crippen molar-refractivity contribution in [3.63, 3.8) is 0 Å². The smallest absolute Gasteiger partial charge is 0.326 e. The molecular formula is C21H21ClN2O4S. The van der Waals surface area contributed by atoms with E-state index < -0.39 is 11.9 Å². The fraction of sp³-hybridized carbons (Fsp3) is 0.286. The summed E-state index contributed by atoms with van der Waals surface area (Å²) in [4.78, 5) is 29.4. The van der Waals surface area contributed by atoms with Gasteiger partial charge in [0.05, 0.1) is 22.9 Å². The molecule has 1 aromatic heterocycles. The molecule has 8 heteroatoms. The number of benzene rings is 2. The highest BCUT2D eigenvalue weighted by Crippen LogP contribution is 2.22. The number of halogens is 1. The molecule has 2 aromatic carbocycles. The van der Waals surface area contributed by atoms with Crippen LogP contribution in [0.1, 0.15) is 31.1 Å². The normalized spacial score (nSPS) is 11.8. The molecule has 6 nitrogen and oxygen atoms in total. The molecule has 1 amide bonds. The first-order chi connectivity index (χ1) is 13.9. The zero-order valence-corrected chi connectivity index (χ0v) is 17.9. The Morgan fingerprint density at radius 3 is 2.55 bits per heavy atom. The fourth-order valence-corrected chi connectivity index (χ4v) is 4.02. The van der Waals surface area contributed by atoms with E-state index in [1.165, 1.54) is 11.3 Å². The highest BCUT2D eigenvalue weighted by molar-refractivity contribution is 7.16. The van der Waals surface area contributed by atoms with Crippen LogP contribution >= 0.6 is 22.9 Å². The van der Waals surface area contributed by atoms with E-state index in [0.29, 0.717) is 21.1 Å². The Hall–Kier alpha value is -2.64. The molecule has 0 aliphatic carbocycles. The number of carbonyl (C=O) groups is 2. The Kier molecular flexibility index (Phi) is 6.71. The van der Waals surface area contributed by atoms with E-state index in [1.807, 2.05) is 13.8 Å². The van der Waals surface area contributed by atoms with Gasteiger partial charge in [0.1, 0.15) is 12.3 Å². The van der Waals surface area contributed by atoms with Gasteiger partial charge in [-0.15, -0.1) is 0 Å². The van der Waals surface area contributed by atoms with E-state index in [4.69, 9.17) is 21.1 Å². The first-order valence-electron chi connectivity index (χ1n) is 9.17. The largest absolute Gasteiger partial charge is 0.491 e. The van der Waals surface area contributed by atoms with Gasteiger partial charge in [-0.05, 0) is 63.2 Å². The van der Waals surface area contributed by atoms with Crippen LogP contribution in [0.2, 0.25) is 5.02 Å². The van der Waals surface area contributed by atoms with E-state index in [1.54, 1.807) is 54.0 Å².